The predicted molar refractivity (Wildman–Crippen MR) is 138 cm³/mol. The van der Waals surface area contributed by atoms with Crippen molar-refractivity contribution in [2.75, 3.05) is 20.2 Å². The van der Waals surface area contributed by atoms with E-state index in [1.54, 1.807) is 7.05 Å². The third-order valence-electron chi connectivity index (χ3n) is 5.87. The first kappa shape index (κ1) is 24.4. The summed E-state index contributed by atoms with van der Waals surface area (Å²) in [4.78, 5) is 18.8. The molecule has 0 radical (unpaired) electrons. The van der Waals surface area contributed by atoms with Gasteiger partial charge in [-0.3, -0.25) is 9.79 Å². The number of rotatable bonds is 9. The Labute approximate surface area is 207 Å². The highest BCUT2D eigenvalue weighted by Crippen LogP contribution is 2.30. The molecule has 6 nitrogen and oxygen atoms in total. The van der Waals surface area contributed by atoms with Gasteiger partial charge in [0.2, 0.25) is 5.91 Å². The first-order valence-corrected chi connectivity index (χ1v) is 11.2. The van der Waals surface area contributed by atoms with Crippen LogP contribution >= 0.6 is 24.0 Å². The van der Waals surface area contributed by atoms with Gasteiger partial charge in [-0.05, 0) is 42.4 Å². The van der Waals surface area contributed by atoms with Gasteiger partial charge in [-0.15, -0.1) is 24.0 Å². The highest BCUT2D eigenvalue weighted by Gasteiger charge is 2.23. The van der Waals surface area contributed by atoms with Crippen LogP contribution in [0, 0.1) is 5.92 Å². The van der Waals surface area contributed by atoms with E-state index in [1.807, 2.05) is 35.2 Å². The lowest BCUT2D eigenvalue weighted by atomic mass is 10.1. The van der Waals surface area contributed by atoms with Gasteiger partial charge in [0.1, 0.15) is 5.75 Å². The van der Waals surface area contributed by atoms with Crippen molar-refractivity contribution in [1.82, 2.24) is 15.5 Å². The maximum Gasteiger partial charge on any atom is 0.223 e. The predicted octanol–water partition coefficient (Wildman–Crippen LogP) is 4.08. The number of nitrogens with zero attached hydrogens (tertiary/aromatic N) is 2. The van der Waals surface area contributed by atoms with E-state index in [9.17, 15) is 4.79 Å². The number of guanidine groups is 1. The van der Waals surface area contributed by atoms with Gasteiger partial charge >= 0.3 is 0 Å². The van der Waals surface area contributed by atoms with E-state index in [1.165, 1.54) is 24.0 Å². The van der Waals surface area contributed by atoms with Gasteiger partial charge in [0.25, 0.3) is 0 Å². The summed E-state index contributed by atoms with van der Waals surface area (Å²) >= 11 is 0. The lowest BCUT2D eigenvalue weighted by Crippen LogP contribution is -2.37. The second-order valence-electron chi connectivity index (χ2n) is 8.34. The van der Waals surface area contributed by atoms with Crippen LogP contribution in [-0.4, -0.2) is 37.0 Å². The molecule has 0 aromatic heterocycles. The van der Waals surface area contributed by atoms with Crippen molar-refractivity contribution >= 4 is 35.8 Å². The SMILES string of the molecule is CN=C(NCCCC(=O)N1Cc2ccccc2C1)NCc1ccccc1OCC1CC1.I. The number of hydrogen-bond acceptors (Lipinski definition) is 3. The number of carbonyl (C=O) groups excluding carboxylic acids is 1. The Kier molecular flexibility index (Phi) is 9.20. The van der Waals surface area contributed by atoms with E-state index in [0.717, 1.165) is 49.3 Å². The minimum atomic E-state index is 0. The van der Waals surface area contributed by atoms with Crippen molar-refractivity contribution in [2.45, 2.75) is 45.3 Å². The van der Waals surface area contributed by atoms with E-state index in [-0.39, 0.29) is 29.9 Å². The molecule has 1 fully saturated rings. The molecule has 0 atom stereocenters. The van der Waals surface area contributed by atoms with Gasteiger partial charge in [0.15, 0.2) is 5.96 Å². The Balaban J connectivity index is 0.00000289. The van der Waals surface area contributed by atoms with Gasteiger partial charge in [-0.2, -0.15) is 0 Å². The van der Waals surface area contributed by atoms with Crippen LogP contribution in [-0.2, 0) is 24.4 Å². The van der Waals surface area contributed by atoms with Gasteiger partial charge in [0, 0.05) is 45.2 Å². The normalized spacial score (nSPS) is 15.0. The summed E-state index contributed by atoms with van der Waals surface area (Å²) in [6.45, 7) is 3.61. The highest BCUT2D eigenvalue weighted by molar-refractivity contribution is 14.0. The van der Waals surface area contributed by atoms with Crippen molar-refractivity contribution in [3.05, 3.63) is 65.2 Å². The van der Waals surface area contributed by atoms with Crippen LogP contribution in [0.2, 0.25) is 0 Å². The van der Waals surface area contributed by atoms with E-state index in [2.05, 4.69) is 33.8 Å². The molecular weight excluding hydrogens is 515 g/mol. The topological polar surface area (TPSA) is 66.0 Å². The second kappa shape index (κ2) is 12.1. The van der Waals surface area contributed by atoms with Crippen LogP contribution in [0.15, 0.2) is 53.5 Å². The summed E-state index contributed by atoms with van der Waals surface area (Å²) in [5.74, 6) is 2.61. The van der Waals surface area contributed by atoms with Crippen LogP contribution in [0.5, 0.6) is 5.75 Å². The van der Waals surface area contributed by atoms with E-state index >= 15 is 0 Å². The number of carbonyl (C=O) groups is 1. The molecule has 0 bridgehead atoms. The molecule has 4 rings (SSSR count). The number of aliphatic imine (C=N–C) groups is 1. The molecule has 0 unspecified atom stereocenters. The fraction of sp³-hybridized carbons (Fsp3) is 0.440. The van der Waals surface area contributed by atoms with Crippen LogP contribution in [0.25, 0.3) is 0 Å². The van der Waals surface area contributed by atoms with Crippen molar-refractivity contribution < 1.29 is 9.53 Å². The van der Waals surface area contributed by atoms with Crippen molar-refractivity contribution in [3.63, 3.8) is 0 Å². The minimum absolute atomic E-state index is 0. The number of hydrogen-bond donors (Lipinski definition) is 2. The number of amides is 1. The maximum atomic E-state index is 12.5. The molecular formula is C25H33IN4O2. The molecule has 1 amide bonds. The lowest BCUT2D eigenvalue weighted by molar-refractivity contribution is -0.131. The Morgan fingerprint density at radius 2 is 1.75 bits per heavy atom. The second-order valence-corrected chi connectivity index (χ2v) is 8.34. The van der Waals surface area contributed by atoms with E-state index in [4.69, 9.17) is 4.74 Å². The molecule has 2 aromatic rings. The number of fused-ring (bicyclic) bond motifs is 1. The van der Waals surface area contributed by atoms with Crippen molar-refractivity contribution in [1.29, 1.82) is 0 Å². The first-order valence-electron chi connectivity index (χ1n) is 11.2. The quantitative estimate of drug-likeness (QED) is 0.215. The third kappa shape index (κ3) is 6.85. The Morgan fingerprint density at radius 3 is 2.44 bits per heavy atom. The number of ether oxygens (including phenoxy) is 1. The fourth-order valence-corrected chi connectivity index (χ4v) is 3.80. The van der Waals surface area contributed by atoms with Crippen LogP contribution in [0.1, 0.15) is 42.4 Å². The summed E-state index contributed by atoms with van der Waals surface area (Å²) in [7, 11) is 1.76. The largest absolute Gasteiger partial charge is 0.493 e. The molecule has 1 heterocycles. The summed E-state index contributed by atoms with van der Waals surface area (Å²) in [6.07, 6.45) is 3.87. The molecule has 2 aromatic carbocycles. The monoisotopic (exact) mass is 548 g/mol. The van der Waals surface area contributed by atoms with Gasteiger partial charge in [0.05, 0.1) is 6.61 Å². The molecule has 2 N–H and O–H groups in total. The summed E-state index contributed by atoms with van der Waals surface area (Å²) < 4.78 is 5.98. The zero-order valence-electron chi connectivity index (χ0n) is 18.7. The summed E-state index contributed by atoms with van der Waals surface area (Å²) in [5, 5.41) is 6.66. The zero-order valence-corrected chi connectivity index (χ0v) is 21.0. The molecule has 2 aliphatic rings. The highest BCUT2D eigenvalue weighted by atomic mass is 127. The van der Waals surface area contributed by atoms with Gasteiger partial charge in [-0.1, -0.05) is 42.5 Å². The number of nitrogens with one attached hydrogen (secondary N) is 2. The van der Waals surface area contributed by atoms with Gasteiger partial charge < -0.3 is 20.3 Å². The minimum Gasteiger partial charge on any atom is -0.493 e. The average molecular weight is 548 g/mol. The molecule has 32 heavy (non-hydrogen) atoms. The van der Waals surface area contributed by atoms with Crippen LogP contribution < -0.4 is 15.4 Å². The number of halogens is 1. The average Bonchev–Trinajstić information content (AvgIpc) is 3.53. The molecule has 1 aliphatic carbocycles. The molecule has 1 saturated carbocycles. The Hall–Kier alpha value is -2.29. The standard InChI is InChI=1S/C25H32N4O2.HI/c1-26-25(28-15-20-7-4-5-10-23(20)31-18-19-12-13-19)27-14-6-11-24(30)29-16-21-8-2-3-9-22(21)17-29;/h2-5,7-10,19H,6,11-18H2,1H3,(H2,26,27,28);1H. The zero-order chi connectivity index (χ0) is 21.5. The van der Waals surface area contributed by atoms with Crippen LogP contribution in [0.4, 0.5) is 0 Å². The van der Waals surface area contributed by atoms with Gasteiger partial charge in [-0.25, -0.2) is 0 Å². The number of para-hydroxylation sites is 1. The molecule has 7 heteroatoms. The fourth-order valence-electron chi connectivity index (χ4n) is 3.80. The van der Waals surface area contributed by atoms with Crippen molar-refractivity contribution in [3.8, 4) is 5.75 Å². The molecule has 0 saturated heterocycles. The number of benzene rings is 2. The Morgan fingerprint density at radius 1 is 1.06 bits per heavy atom. The van der Waals surface area contributed by atoms with Crippen molar-refractivity contribution in [2.24, 2.45) is 10.9 Å². The molecule has 0 spiro atoms. The molecule has 172 valence electrons. The third-order valence-corrected chi connectivity index (χ3v) is 5.87. The first-order chi connectivity index (χ1) is 15.2. The smallest absolute Gasteiger partial charge is 0.223 e. The summed E-state index contributed by atoms with van der Waals surface area (Å²) in [5.41, 5.74) is 3.65. The maximum absolute atomic E-state index is 12.5. The van der Waals surface area contributed by atoms with E-state index < -0.39 is 0 Å². The Bertz CT molecular complexity index is 905. The summed E-state index contributed by atoms with van der Waals surface area (Å²) in [6, 6.07) is 16.4. The molecule has 1 aliphatic heterocycles. The van der Waals surface area contributed by atoms with E-state index in [0.29, 0.717) is 19.5 Å². The van der Waals surface area contributed by atoms with Crippen LogP contribution in [0.3, 0.4) is 0 Å². The lowest BCUT2D eigenvalue weighted by Gasteiger charge is -2.16.